The lowest BCUT2D eigenvalue weighted by atomic mass is 10.2. The van der Waals surface area contributed by atoms with Crippen LogP contribution in [0.1, 0.15) is 10.4 Å². The largest absolute Gasteiger partial charge is 0.379 e. The van der Waals surface area contributed by atoms with Crippen LogP contribution in [0.25, 0.3) is 0 Å². The molecule has 3 aliphatic rings. The number of anilines is 1. The highest BCUT2D eigenvalue weighted by molar-refractivity contribution is 8.15. The van der Waals surface area contributed by atoms with Crippen molar-refractivity contribution in [3.63, 3.8) is 0 Å². The van der Waals surface area contributed by atoms with Gasteiger partial charge in [-0.15, -0.1) is 0 Å². The van der Waals surface area contributed by atoms with Crippen LogP contribution in [-0.2, 0) is 14.6 Å². The summed E-state index contributed by atoms with van der Waals surface area (Å²) in [5.41, 5.74) is 1.35. The summed E-state index contributed by atoms with van der Waals surface area (Å²) in [6.07, 6.45) is 0. The zero-order valence-corrected chi connectivity index (χ0v) is 17.1. The van der Waals surface area contributed by atoms with Crippen molar-refractivity contribution in [2.75, 3.05) is 56.2 Å². The maximum Gasteiger partial charge on any atom is 0.251 e. The topological polar surface area (TPSA) is 100 Å². The Morgan fingerprint density at radius 3 is 2.89 bits per heavy atom. The minimum Gasteiger partial charge on any atom is -0.379 e. The lowest BCUT2D eigenvalue weighted by Crippen LogP contribution is -2.41. The van der Waals surface area contributed by atoms with Gasteiger partial charge in [-0.25, -0.2) is 8.42 Å². The smallest absolute Gasteiger partial charge is 0.251 e. The first-order valence-electron chi connectivity index (χ1n) is 9.39. The summed E-state index contributed by atoms with van der Waals surface area (Å²) in [6, 6.07) is 7.10. The number of aliphatic imine (C=N–C) groups is 1. The van der Waals surface area contributed by atoms with Gasteiger partial charge in [0.25, 0.3) is 5.91 Å². The number of hydrogen-bond acceptors (Lipinski definition) is 8. The van der Waals surface area contributed by atoms with Crippen molar-refractivity contribution in [1.29, 1.82) is 0 Å². The van der Waals surface area contributed by atoms with Crippen molar-refractivity contribution in [3.8, 4) is 0 Å². The zero-order chi connectivity index (χ0) is 19.6. The molecule has 0 bridgehead atoms. The molecule has 1 aromatic carbocycles. The van der Waals surface area contributed by atoms with E-state index >= 15 is 0 Å². The average Bonchev–Trinajstić information content (AvgIpc) is 3.15. The van der Waals surface area contributed by atoms with E-state index in [1.165, 1.54) is 11.8 Å². The Bertz CT molecular complexity index is 868. The van der Waals surface area contributed by atoms with Gasteiger partial charge in [-0.2, -0.15) is 0 Å². The number of carbonyl (C=O) groups is 1. The van der Waals surface area contributed by atoms with Crippen LogP contribution in [-0.4, -0.2) is 86.6 Å². The van der Waals surface area contributed by atoms with Gasteiger partial charge < -0.3 is 15.4 Å². The normalized spacial score (nSPS) is 26.5. The van der Waals surface area contributed by atoms with Gasteiger partial charge >= 0.3 is 0 Å². The number of thioether (sulfide) groups is 1. The van der Waals surface area contributed by atoms with Gasteiger partial charge in [-0.3, -0.25) is 14.7 Å². The van der Waals surface area contributed by atoms with Crippen molar-refractivity contribution >= 4 is 38.4 Å². The summed E-state index contributed by atoms with van der Waals surface area (Å²) >= 11 is 1.47. The fourth-order valence-electron chi connectivity index (χ4n) is 3.53. The van der Waals surface area contributed by atoms with Crippen LogP contribution in [0.3, 0.4) is 0 Å². The van der Waals surface area contributed by atoms with Crippen LogP contribution in [0, 0.1) is 0 Å². The molecule has 28 heavy (non-hydrogen) atoms. The standard InChI is InChI=1S/C18H24N4O4S2/c23-17(19-4-5-22-6-8-26-9-7-22)13-2-1-3-14(10-13)20-18-21-15-11-28(24,25)12-16(15)27-18/h1-3,10,15-16H,4-9,11-12H2,(H,19,23)(H,20,21)/t15-,16-/m0/s1. The van der Waals surface area contributed by atoms with Gasteiger partial charge in [0.1, 0.15) is 0 Å². The quantitative estimate of drug-likeness (QED) is 0.707. The van der Waals surface area contributed by atoms with Crippen molar-refractivity contribution < 1.29 is 17.9 Å². The summed E-state index contributed by atoms with van der Waals surface area (Å²) in [7, 11) is -2.96. The van der Waals surface area contributed by atoms with Gasteiger partial charge in [0.2, 0.25) is 0 Å². The predicted molar refractivity (Wildman–Crippen MR) is 111 cm³/mol. The second kappa shape index (κ2) is 8.40. The van der Waals surface area contributed by atoms with E-state index in [9.17, 15) is 13.2 Å². The Kier molecular flexibility index (Phi) is 5.91. The highest BCUT2D eigenvalue weighted by atomic mass is 32.2. The summed E-state index contributed by atoms with van der Waals surface area (Å²) in [5, 5.41) is 6.89. The number of hydrogen-bond donors (Lipinski definition) is 2. The molecule has 0 spiro atoms. The number of amides is 1. The lowest BCUT2D eigenvalue weighted by Gasteiger charge is -2.26. The van der Waals surface area contributed by atoms with E-state index in [-0.39, 0.29) is 28.7 Å². The first-order chi connectivity index (χ1) is 13.5. The molecule has 2 atom stereocenters. The van der Waals surface area contributed by atoms with E-state index in [2.05, 4.69) is 20.5 Å². The fourth-order valence-corrected chi connectivity index (χ4v) is 7.21. The number of nitrogens with zero attached hydrogens (tertiary/aromatic N) is 2. The van der Waals surface area contributed by atoms with Crippen LogP contribution in [0.5, 0.6) is 0 Å². The van der Waals surface area contributed by atoms with E-state index in [0.29, 0.717) is 12.1 Å². The van der Waals surface area contributed by atoms with Crippen LogP contribution in [0.4, 0.5) is 5.69 Å². The van der Waals surface area contributed by atoms with Crippen LogP contribution < -0.4 is 10.6 Å². The Hall–Kier alpha value is -1.62. The number of rotatable bonds is 5. The Balaban J connectivity index is 1.30. The molecular formula is C18H24N4O4S2. The average molecular weight is 425 g/mol. The molecular weight excluding hydrogens is 400 g/mol. The van der Waals surface area contributed by atoms with E-state index < -0.39 is 9.84 Å². The lowest BCUT2D eigenvalue weighted by molar-refractivity contribution is 0.0383. The van der Waals surface area contributed by atoms with Crippen molar-refractivity contribution in [3.05, 3.63) is 29.8 Å². The summed E-state index contributed by atoms with van der Waals surface area (Å²) in [4.78, 5) is 19.2. The van der Waals surface area contributed by atoms with E-state index in [0.717, 1.165) is 43.7 Å². The summed E-state index contributed by atoms with van der Waals surface area (Å²) in [5.74, 6) is 0.199. The maximum absolute atomic E-state index is 12.4. The number of nitrogens with one attached hydrogen (secondary N) is 2. The molecule has 2 fully saturated rings. The second-order valence-corrected chi connectivity index (χ2v) is 10.5. The molecule has 2 saturated heterocycles. The fraction of sp³-hybridized carbons (Fsp3) is 0.556. The first-order valence-corrected chi connectivity index (χ1v) is 12.1. The molecule has 1 amide bonds. The van der Waals surface area contributed by atoms with Crippen LogP contribution >= 0.6 is 11.8 Å². The minimum atomic E-state index is -2.96. The molecule has 10 heteroatoms. The number of sulfone groups is 1. The highest BCUT2D eigenvalue weighted by Gasteiger charge is 2.42. The molecule has 0 unspecified atom stereocenters. The maximum atomic E-state index is 12.4. The molecule has 0 aromatic heterocycles. The number of carbonyl (C=O) groups excluding carboxylic acids is 1. The molecule has 4 rings (SSSR count). The monoisotopic (exact) mass is 424 g/mol. The second-order valence-electron chi connectivity index (χ2n) is 7.15. The van der Waals surface area contributed by atoms with Gasteiger partial charge in [0, 0.05) is 42.7 Å². The highest BCUT2D eigenvalue weighted by Crippen LogP contribution is 2.34. The molecule has 3 heterocycles. The minimum absolute atomic E-state index is 0.000770. The number of amidine groups is 1. The molecule has 0 radical (unpaired) electrons. The molecule has 3 aliphatic heterocycles. The molecule has 1 aromatic rings. The molecule has 0 saturated carbocycles. The molecule has 8 nitrogen and oxygen atoms in total. The third-order valence-electron chi connectivity index (χ3n) is 5.01. The molecule has 2 N–H and O–H groups in total. The SMILES string of the molecule is O=C(NCCN1CCOCC1)c1cccc(NC2=N[C@H]3CS(=O)(=O)C[C@@H]3S2)c1. The van der Waals surface area contributed by atoms with Crippen molar-refractivity contribution in [2.45, 2.75) is 11.3 Å². The van der Waals surface area contributed by atoms with Crippen LogP contribution in [0.15, 0.2) is 29.3 Å². The number of ether oxygens (including phenoxy) is 1. The van der Waals surface area contributed by atoms with Crippen molar-refractivity contribution in [2.24, 2.45) is 4.99 Å². The summed E-state index contributed by atoms with van der Waals surface area (Å²) < 4.78 is 28.6. The number of morpholine rings is 1. The Labute approximate surface area is 169 Å². The Morgan fingerprint density at radius 2 is 2.11 bits per heavy atom. The van der Waals surface area contributed by atoms with Crippen molar-refractivity contribution in [1.82, 2.24) is 10.2 Å². The molecule has 152 valence electrons. The third kappa shape index (κ3) is 4.86. The number of fused-ring (bicyclic) bond motifs is 1. The van der Waals surface area contributed by atoms with Gasteiger partial charge in [-0.1, -0.05) is 17.8 Å². The molecule has 0 aliphatic carbocycles. The van der Waals surface area contributed by atoms with Gasteiger partial charge in [-0.05, 0) is 18.2 Å². The third-order valence-corrected chi connectivity index (χ3v) is 8.15. The number of benzene rings is 1. The van der Waals surface area contributed by atoms with E-state index in [1.54, 1.807) is 12.1 Å². The predicted octanol–water partition coefficient (Wildman–Crippen LogP) is 0.429. The van der Waals surface area contributed by atoms with Gasteiger partial charge in [0.15, 0.2) is 15.0 Å². The van der Waals surface area contributed by atoms with E-state index in [4.69, 9.17) is 4.74 Å². The summed E-state index contributed by atoms with van der Waals surface area (Å²) in [6.45, 7) is 4.70. The Morgan fingerprint density at radius 1 is 1.29 bits per heavy atom. The first kappa shape index (κ1) is 19.7. The zero-order valence-electron chi connectivity index (χ0n) is 15.5. The van der Waals surface area contributed by atoms with E-state index in [1.807, 2.05) is 12.1 Å². The van der Waals surface area contributed by atoms with Crippen LogP contribution in [0.2, 0.25) is 0 Å². The van der Waals surface area contributed by atoms with Gasteiger partial charge in [0.05, 0.1) is 30.8 Å².